The monoisotopic (exact) mass is 407 g/mol. The fourth-order valence-corrected chi connectivity index (χ4v) is 3.48. The smallest absolute Gasteiger partial charge is 0.378 e. The zero-order valence-corrected chi connectivity index (χ0v) is 15.2. The largest absolute Gasteiger partial charge is 0.418 e. The van der Waals surface area contributed by atoms with Crippen LogP contribution < -0.4 is 10.2 Å². The first kappa shape index (κ1) is 19.4. The predicted octanol–water partition coefficient (Wildman–Crippen LogP) is 4.12. The highest BCUT2D eigenvalue weighted by atomic mass is 19.4. The number of rotatable bonds is 3. The zero-order valence-electron chi connectivity index (χ0n) is 15.2. The maximum atomic E-state index is 13.6. The highest BCUT2D eigenvalue weighted by Gasteiger charge is 2.36. The summed E-state index contributed by atoms with van der Waals surface area (Å²) in [6.45, 7) is 1.47. The van der Waals surface area contributed by atoms with Crippen LogP contribution in [0.3, 0.4) is 0 Å². The van der Waals surface area contributed by atoms with Gasteiger partial charge >= 0.3 is 6.18 Å². The first-order valence-corrected chi connectivity index (χ1v) is 9.01. The van der Waals surface area contributed by atoms with E-state index in [0.29, 0.717) is 37.6 Å². The van der Waals surface area contributed by atoms with Crippen molar-refractivity contribution in [2.75, 3.05) is 36.5 Å². The molecular formula is C20H17F4N3O2. The molecule has 1 atom stereocenters. The number of hydrogen-bond donors (Lipinski definition) is 1. The molecule has 9 heteroatoms. The summed E-state index contributed by atoms with van der Waals surface area (Å²) in [5, 5.41) is 2.60. The minimum absolute atomic E-state index is 0.0620. The molecule has 0 aromatic heterocycles. The number of morpholine rings is 1. The van der Waals surface area contributed by atoms with Gasteiger partial charge in [0.25, 0.3) is 0 Å². The SMILES string of the molecule is O=C1Nc2ccc(F)cc2C1C=Nc1ccc(N2CCOCC2)c(C(F)(F)F)c1. The van der Waals surface area contributed by atoms with Gasteiger partial charge in [-0.05, 0) is 42.0 Å². The van der Waals surface area contributed by atoms with Crippen molar-refractivity contribution >= 4 is 29.2 Å². The summed E-state index contributed by atoms with van der Waals surface area (Å²) < 4.78 is 59.5. The predicted molar refractivity (Wildman–Crippen MR) is 100 cm³/mol. The number of alkyl halides is 3. The molecule has 0 radical (unpaired) electrons. The van der Waals surface area contributed by atoms with E-state index in [0.717, 1.165) is 6.07 Å². The molecule has 0 aliphatic carbocycles. The van der Waals surface area contributed by atoms with Gasteiger partial charge in [-0.2, -0.15) is 13.2 Å². The first-order chi connectivity index (χ1) is 13.8. The average molecular weight is 407 g/mol. The van der Waals surface area contributed by atoms with Gasteiger partial charge in [-0.3, -0.25) is 9.79 Å². The second-order valence-electron chi connectivity index (χ2n) is 6.78. The Hall–Kier alpha value is -2.94. The summed E-state index contributed by atoms with van der Waals surface area (Å²) in [6.07, 6.45) is -3.32. The first-order valence-electron chi connectivity index (χ1n) is 9.01. The topological polar surface area (TPSA) is 53.9 Å². The van der Waals surface area contributed by atoms with Gasteiger partial charge in [-0.15, -0.1) is 0 Å². The van der Waals surface area contributed by atoms with Crippen molar-refractivity contribution in [3.8, 4) is 0 Å². The van der Waals surface area contributed by atoms with E-state index < -0.39 is 29.4 Å². The molecule has 29 heavy (non-hydrogen) atoms. The number of fused-ring (bicyclic) bond motifs is 1. The van der Waals surface area contributed by atoms with Gasteiger partial charge in [0.1, 0.15) is 11.7 Å². The number of amides is 1. The van der Waals surface area contributed by atoms with Crippen LogP contribution in [0, 0.1) is 5.82 Å². The molecule has 152 valence electrons. The molecule has 4 rings (SSSR count). The molecular weight excluding hydrogens is 390 g/mol. The van der Waals surface area contributed by atoms with E-state index in [9.17, 15) is 22.4 Å². The number of halogens is 4. The highest BCUT2D eigenvalue weighted by molar-refractivity contribution is 6.12. The van der Waals surface area contributed by atoms with Crippen molar-refractivity contribution in [2.24, 2.45) is 4.99 Å². The molecule has 2 aliphatic heterocycles. The van der Waals surface area contributed by atoms with Gasteiger partial charge in [0, 0.05) is 30.7 Å². The Morgan fingerprint density at radius 3 is 2.62 bits per heavy atom. The van der Waals surface area contributed by atoms with Gasteiger partial charge < -0.3 is 15.0 Å². The molecule has 2 aromatic carbocycles. The molecule has 1 N–H and O–H groups in total. The van der Waals surface area contributed by atoms with Crippen LogP contribution >= 0.6 is 0 Å². The van der Waals surface area contributed by atoms with Crippen molar-refractivity contribution in [2.45, 2.75) is 12.1 Å². The van der Waals surface area contributed by atoms with Crippen molar-refractivity contribution in [1.29, 1.82) is 0 Å². The van der Waals surface area contributed by atoms with Crippen LogP contribution in [0.4, 0.5) is 34.6 Å². The van der Waals surface area contributed by atoms with Crippen molar-refractivity contribution in [3.05, 3.63) is 53.3 Å². The van der Waals surface area contributed by atoms with Crippen molar-refractivity contribution in [1.82, 2.24) is 0 Å². The Bertz CT molecular complexity index is 969. The molecule has 1 unspecified atom stereocenters. The molecule has 0 bridgehead atoms. The minimum atomic E-state index is -4.56. The van der Waals surface area contributed by atoms with E-state index in [2.05, 4.69) is 10.3 Å². The summed E-state index contributed by atoms with van der Waals surface area (Å²) >= 11 is 0. The normalized spacial score (nSPS) is 19.5. The van der Waals surface area contributed by atoms with Crippen LogP contribution in [0.15, 0.2) is 41.4 Å². The van der Waals surface area contributed by atoms with Crippen molar-refractivity contribution in [3.63, 3.8) is 0 Å². The molecule has 2 aliphatic rings. The van der Waals surface area contributed by atoms with Crippen molar-refractivity contribution < 1.29 is 27.1 Å². The van der Waals surface area contributed by atoms with E-state index in [1.165, 1.54) is 36.5 Å². The van der Waals surface area contributed by atoms with Gasteiger partial charge in [0.05, 0.1) is 24.5 Å². The van der Waals surface area contributed by atoms with Gasteiger partial charge in [0.15, 0.2) is 0 Å². The lowest BCUT2D eigenvalue weighted by Gasteiger charge is -2.31. The molecule has 2 heterocycles. The third-order valence-corrected chi connectivity index (χ3v) is 4.90. The van der Waals surface area contributed by atoms with Crippen LogP contribution in [0.1, 0.15) is 17.0 Å². The molecule has 1 amide bonds. The Morgan fingerprint density at radius 2 is 1.90 bits per heavy atom. The molecule has 0 spiro atoms. The van der Waals surface area contributed by atoms with Crippen LogP contribution in [-0.2, 0) is 15.7 Å². The Morgan fingerprint density at radius 1 is 1.14 bits per heavy atom. The summed E-state index contributed by atoms with van der Waals surface area (Å²) in [5.74, 6) is -1.78. The number of nitrogens with one attached hydrogen (secondary N) is 1. The van der Waals surface area contributed by atoms with E-state index in [4.69, 9.17) is 4.74 Å². The number of anilines is 2. The number of nitrogens with zero attached hydrogens (tertiary/aromatic N) is 2. The summed E-state index contributed by atoms with van der Waals surface area (Å²) in [7, 11) is 0. The number of carbonyl (C=O) groups excluding carboxylic acids is 1. The minimum Gasteiger partial charge on any atom is -0.378 e. The maximum Gasteiger partial charge on any atom is 0.418 e. The van der Waals surface area contributed by atoms with Gasteiger partial charge in [-0.25, -0.2) is 4.39 Å². The quantitative estimate of drug-likeness (QED) is 0.615. The third kappa shape index (κ3) is 3.95. The lowest BCUT2D eigenvalue weighted by Crippen LogP contribution is -2.37. The standard InChI is InChI=1S/C20H17F4N3O2/c21-12-1-3-17-14(9-12)15(19(28)26-17)11-25-13-2-4-18(16(10-13)20(22,23)24)27-5-7-29-8-6-27/h1-4,9-11,15H,5-8H2,(H,26,28). The van der Waals surface area contributed by atoms with Gasteiger partial charge in [-0.1, -0.05) is 0 Å². The molecule has 0 saturated carbocycles. The second-order valence-corrected chi connectivity index (χ2v) is 6.78. The van der Waals surface area contributed by atoms with Crippen LogP contribution in [0.2, 0.25) is 0 Å². The zero-order chi connectivity index (χ0) is 20.6. The molecule has 2 aromatic rings. The van der Waals surface area contributed by atoms with E-state index >= 15 is 0 Å². The fourth-order valence-electron chi connectivity index (χ4n) is 3.48. The molecule has 1 saturated heterocycles. The fraction of sp³-hybridized carbons (Fsp3) is 0.300. The van der Waals surface area contributed by atoms with Gasteiger partial charge in [0.2, 0.25) is 5.91 Å². The average Bonchev–Trinajstić information content (AvgIpc) is 3.00. The van der Waals surface area contributed by atoms with Crippen LogP contribution in [0.25, 0.3) is 0 Å². The molecule has 5 nitrogen and oxygen atoms in total. The van der Waals surface area contributed by atoms with Crippen LogP contribution in [-0.4, -0.2) is 38.4 Å². The lowest BCUT2D eigenvalue weighted by atomic mass is 10.0. The Kier molecular flexibility index (Phi) is 4.99. The molecule has 1 fully saturated rings. The second kappa shape index (κ2) is 7.47. The number of carbonyl (C=O) groups is 1. The summed E-state index contributed by atoms with van der Waals surface area (Å²) in [6, 6.07) is 7.68. The highest BCUT2D eigenvalue weighted by Crippen LogP contribution is 2.39. The summed E-state index contributed by atoms with van der Waals surface area (Å²) in [5.41, 5.74) is 0.209. The maximum absolute atomic E-state index is 13.6. The van der Waals surface area contributed by atoms with E-state index in [-0.39, 0.29) is 11.4 Å². The third-order valence-electron chi connectivity index (χ3n) is 4.90. The summed E-state index contributed by atoms with van der Waals surface area (Å²) in [4.78, 5) is 17.8. The van der Waals surface area contributed by atoms with E-state index in [1.807, 2.05) is 0 Å². The number of hydrogen-bond acceptors (Lipinski definition) is 4. The lowest BCUT2D eigenvalue weighted by molar-refractivity contribution is -0.137. The number of aliphatic imine (C=N–C) groups is 1. The van der Waals surface area contributed by atoms with Crippen LogP contribution in [0.5, 0.6) is 0 Å². The van der Waals surface area contributed by atoms with E-state index in [1.54, 1.807) is 4.90 Å². The Labute approximate surface area is 164 Å². The number of benzene rings is 2. The number of ether oxygens (including phenoxy) is 1. The Balaban J connectivity index is 1.64.